The molecule has 3 aromatic rings. The lowest BCUT2D eigenvalue weighted by molar-refractivity contribution is 0.0731. The van der Waals surface area contributed by atoms with Crippen LogP contribution in [-0.2, 0) is 12.8 Å². The monoisotopic (exact) mass is 422 g/mol. The van der Waals surface area contributed by atoms with E-state index in [1.54, 1.807) is 11.3 Å². The second-order valence-corrected chi connectivity index (χ2v) is 10.7. The predicted octanol–water partition coefficient (Wildman–Crippen LogP) is 5.54. The number of piperazine rings is 1. The molecule has 1 fully saturated rings. The summed E-state index contributed by atoms with van der Waals surface area (Å²) in [6, 6.07) is 13.4. The SMILES string of the molecule is Cc1cccc(N2CCN(C(=O)c3cc4c(s3)-c3cc(C)sc3CC4)CC2C)c1. The quantitative estimate of drug-likeness (QED) is 0.541. The predicted molar refractivity (Wildman–Crippen MR) is 124 cm³/mol. The molecule has 1 aromatic carbocycles. The molecule has 1 atom stereocenters. The van der Waals surface area contributed by atoms with Crippen molar-refractivity contribution in [1.29, 1.82) is 0 Å². The fraction of sp³-hybridized carbons (Fsp3) is 0.375. The van der Waals surface area contributed by atoms with Crippen LogP contribution in [0.15, 0.2) is 36.4 Å². The molecule has 1 amide bonds. The van der Waals surface area contributed by atoms with Crippen molar-refractivity contribution >= 4 is 34.3 Å². The standard InChI is InChI=1S/C24H26N2OS2/c1-15-5-4-6-19(11-15)26-10-9-25(14-16(26)2)24(27)22-13-18-7-8-21-20(23(18)29-22)12-17(3)28-21/h4-6,11-13,16H,7-10,14H2,1-3H3. The number of aryl methyl sites for hydroxylation is 4. The van der Waals surface area contributed by atoms with Gasteiger partial charge in [-0.3, -0.25) is 4.79 Å². The first-order chi connectivity index (χ1) is 14.0. The third-order valence-electron chi connectivity index (χ3n) is 6.07. The number of benzene rings is 1. The maximum atomic E-state index is 13.3. The molecule has 1 aliphatic carbocycles. The first-order valence-corrected chi connectivity index (χ1v) is 12.0. The highest BCUT2D eigenvalue weighted by Crippen LogP contribution is 2.43. The fourth-order valence-corrected chi connectivity index (χ4v) is 6.95. The summed E-state index contributed by atoms with van der Waals surface area (Å²) in [6.45, 7) is 8.97. The van der Waals surface area contributed by atoms with Gasteiger partial charge >= 0.3 is 0 Å². The summed E-state index contributed by atoms with van der Waals surface area (Å²) in [5.41, 5.74) is 5.27. The van der Waals surface area contributed by atoms with Crippen LogP contribution in [0, 0.1) is 13.8 Å². The first-order valence-electron chi connectivity index (χ1n) is 10.3. The number of carbonyl (C=O) groups excluding carboxylic acids is 1. The Labute approximate surface area is 180 Å². The number of anilines is 1. The molecule has 0 saturated carbocycles. The van der Waals surface area contributed by atoms with Crippen molar-refractivity contribution in [2.45, 2.75) is 39.7 Å². The number of hydrogen-bond acceptors (Lipinski definition) is 4. The number of rotatable bonds is 2. The number of thiophene rings is 2. The topological polar surface area (TPSA) is 23.6 Å². The lowest BCUT2D eigenvalue weighted by Crippen LogP contribution is -2.53. The molecule has 0 radical (unpaired) electrons. The van der Waals surface area contributed by atoms with Gasteiger partial charge in [0.15, 0.2) is 0 Å². The Morgan fingerprint density at radius 1 is 1.07 bits per heavy atom. The Morgan fingerprint density at radius 2 is 1.93 bits per heavy atom. The molecule has 150 valence electrons. The van der Waals surface area contributed by atoms with Gasteiger partial charge in [-0.15, -0.1) is 22.7 Å². The summed E-state index contributed by atoms with van der Waals surface area (Å²) >= 11 is 3.60. The van der Waals surface area contributed by atoms with Crippen LogP contribution >= 0.6 is 22.7 Å². The molecule has 29 heavy (non-hydrogen) atoms. The van der Waals surface area contributed by atoms with E-state index in [4.69, 9.17) is 0 Å². The molecule has 0 N–H and O–H groups in total. The summed E-state index contributed by atoms with van der Waals surface area (Å²) in [5.74, 6) is 0.202. The maximum Gasteiger partial charge on any atom is 0.264 e. The first kappa shape index (κ1) is 18.9. The van der Waals surface area contributed by atoms with Gasteiger partial charge in [-0.2, -0.15) is 0 Å². The number of fused-ring (bicyclic) bond motifs is 3. The molecule has 3 heterocycles. The van der Waals surface area contributed by atoms with E-state index < -0.39 is 0 Å². The number of carbonyl (C=O) groups is 1. The van der Waals surface area contributed by atoms with Gasteiger partial charge in [-0.25, -0.2) is 0 Å². The summed E-state index contributed by atoms with van der Waals surface area (Å²) in [6.07, 6.45) is 2.17. The van der Waals surface area contributed by atoms with Gasteiger partial charge < -0.3 is 9.80 Å². The van der Waals surface area contributed by atoms with Crippen LogP contribution in [0.1, 0.15) is 37.5 Å². The van der Waals surface area contributed by atoms with Gasteiger partial charge in [-0.05, 0) is 69.0 Å². The Bertz CT molecular complexity index is 1080. The molecule has 1 unspecified atom stereocenters. The summed E-state index contributed by atoms with van der Waals surface area (Å²) < 4.78 is 0. The second-order valence-electron chi connectivity index (χ2n) is 8.29. The van der Waals surface area contributed by atoms with Crippen LogP contribution in [0.5, 0.6) is 0 Å². The van der Waals surface area contributed by atoms with Crippen LogP contribution < -0.4 is 4.90 Å². The molecule has 3 nitrogen and oxygen atoms in total. The van der Waals surface area contributed by atoms with Crippen molar-refractivity contribution < 1.29 is 4.79 Å². The maximum absolute atomic E-state index is 13.3. The van der Waals surface area contributed by atoms with Gasteiger partial charge in [-0.1, -0.05) is 12.1 Å². The molecule has 5 heteroatoms. The average molecular weight is 423 g/mol. The molecule has 5 rings (SSSR count). The lowest BCUT2D eigenvalue weighted by Gasteiger charge is -2.41. The molecule has 2 aromatic heterocycles. The van der Waals surface area contributed by atoms with Gasteiger partial charge in [0.2, 0.25) is 0 Å². The van der Waals surface area contributed by atoms with Crippen molar-refractivity contribution in [3.8, 4) is 10.4 Å². The average Bonchev–Trinajstić information content (AvgIpc) is 3.29. The normalized spacial score (nSPS) is 18.5. The van der Waals surface area contributed by atoms with E-state index in [9.17, 15) is 4.79 Å². The third-order valence-corrected chi connectivity index (χ3v) is 8.37. The van der Waals surface area contributed by atoms with E-state index in [1.165, 1.54) is 37.0 Å². The molecular weight excluding hydrogens is 396 g/mol. The number of nitrogens with zero attached hydrogens (tertiary/aromatic N) is 2. The second kappa shape index (κ2) is 7.29. The Kier molecular flexibility index (Phi) is 4.75. The number of hydrogen-bond donors (Lipinski definition) is 0. The van der Waals surface area contributed by atoms with Crippen LogP contribution in [0.3, 0.4) is 0 Å². The van der Waals surface area contributed by atoms with Gasteiger partial charge in [0.25, 0.3) is 5.91 Å². The van der Waals surface area contributed by atoms with Crippen LogP contribution in [0.4, 0.5) is 5.69 Å². The third kappa shape index (κ3) is 3.40. The van der Waals surface area contributed by atoms with Crippen LogP contribution in [0.2, 0.25) is 0 Å². The zero-order chi connectivity index (χ0) is 20.1. The number of amides is 1. The highest BCUT2D eigenvalue weighted by atomic mass is 32.1. The molecular formula is C24H26N2OS2. The van der Waals surface area contributed by atoms with E-state index in [2.05, 4.69) is 62.1 Å². The molecule has 1 aliphatic heterocycles. The Balaban J connectivity index is 1.34. The Hall–Kier alpha value is -2.11. The van der Waals surface area contributed by atoms with Gasteiger partial charge in [0.1, 0.15) is 0 Å². The van der Waals surface area contributed by atoms with Crippen molar-refractivity contribution in [2.24, 2.45) is 0 Å². The summed E-state index contributed by atoms with van der Waals surface area (Å²) in [7, 11) is 0. The lowest BCUT2D eigenvalue weighted by atomic mass is 9.98. The van der Waals surface area contributed by atoms with E-state index in [0.29, 0.717) is 6.04 Å². The van der Waals surface area contributed by atoms with Crippen molar-refractivity contribution in [3.63, 3.8) is 0 Å². The molecule has 1 saturated heterocycles. The molecule has 2 aliphatic rings. The van der Waals surface area contributed by atoms with E-state index in [1.807, 2.05) is 16.2 Å². The summed E-state index contributed by atoms with van der Waals surface area (Å²) in [4.78, 5) is 22.9. The fourth-order valence-electron chi connectivity index (χ4n) is 4.62. The molecule has 0 bridgehead atoms. The van der Waals surface area contributed by atoms with Crippen molar-refractivity contribution in [1.82, 2.24) is 4.90 Å². The minimum Gasteiger partial charge on any atom is -0.365 e. The minimum atomic E-state index is 0.202. The largest absolute Gasteiger partial charge is 0.365 e. The van der Waals surface area contributed by atoms with Crippen LogP contribution in [-0.4, -0.2) is 36.5 Å². The highest BCUT2D eigenvalue weighted by Gasteiger charge is 2.30. The van der Waals surface area contributed by atoms with Crippen molar-refractivity contribution in [3.05, 3.63) is 62.2 Å². The van der Waals surface area contributed by atoms with Gasteiger partial charge in [0.05, 0.1) is 4.88 Å². The van der Waals surface area contributed by atoms with Gasteiger partial charge in [0, 0.05) is 51.6 Å². The zero-order valence-electron chi connectivity index (χ0n) is 17.2. The smallest absolute Gasteiger partial charge is 0.264 e. The molecule has 0 spiro atoms. The highest BCUT2D eigenvalue weighted by molar-refractivity contribution is 7.18. The van der Waals surface area contributed by atoms with Crippen LogP contribution in [0.25, 0.3) is 10.4 Å². The van der Waals surface area contributed by atoms with Crippen molar-refractivity contribution in [2.75, 3.05) is 24.5 Å². The minimum absolute atomic E-state index is 0.202. The zero-order valence-corrected chi connectivity index (χ0v) is 18.8. The van der Waals surface area contributed by atoms with E-state index in [0.717, 1.165) is 37.4 Å². The summed E-state index contributed by atoms with van der Waals surface area (Å²) in [5, 5.41) is 0. The van der Waals surface area contributed by atoms with E-state index in [-0.39, 0.29) is 5.91 Å². The Morgan fingerprint density at radius 3 is 2.72 bits per heavy atom. The van der Waals surface area contributed by atoms with E-state index >= 15 is 0 Å².